The van der Waals surface area contributed by atoms with E-state index >= 15 is 0 Å². The van der Waals surface area contributed by atoms with Crippen molar-refractivity contribution in [2.75, 3.05) is 0 Å². The summed E-state index contributed by atoms with van der Waals surface area (Å²) in [5.41, 5.74) is 0. The molecule has 0 bridgehead atoms. The van der Waals surface area contributed by atoms with E-state index in [1.54, 1.807) is 0 Å². The normalized spacial score (nSPS) is 10.1. The number of carbonyl (C=O) groups is 2. The second-order valence-corrected chi connectivity index (χ2v) is 5.10. The van der Waals surface area contributed by atoms with Gasteiger partial charge in [0.05, 0.1) is 0 Å². The van der Waals surface area contributed by atoms with Gasteiger partial charge in [0.25, 0.3) is 0 Å². The van der Waals surface area contributed by atoms with Crippen molar-refractivity contribution in [3.05, 3.63) is 0 Å². The Bertz CT molecular complexity index is 228. The highest BCUT2D eigenvalue weighted by atomic mass is 16.5. The van der Waals surface area contributed by atoms with Crippen LogP contribution in [-0.2, 0) is 9.59 Å². The second-order valence-electron chi connectivity index (χ2n) is 5.10. The van der Waals surface area contributed by atoms with Gasteiger partial charge < -0.3 is 20.4 Å². The molecule has 21 heavy (non-hydrogen) atoms. The van der Waals surface area contributed by atoms with Crippen LogP contribution < -0.4 is 0 Å². The number of carboxylic acids is 2. The molecule has 0 rings (SSSR count). The summed E-state index contributed by atoms with van der Waals surface area (Å²) in [4.78, 5) is 20.5. The second kappa shape index (κ2) is 16.9. The molecule has 0 saturated heterocycles. The Labute approximate surface area is 126 Å². The lowest BCUT2D eigenvalue weighted by Gasteiger charge is -2.01. The van der Waals surface area contributed by atoms with Crippen molar-refractivity contribution < 1.29 is 30.0 Å². The van der Waals surface area contributed by atoms with Crippen LogP contribution >= 0.6 is 0 Å². The largest absolute Gasteiger partial charge is 0.481 e. The lowest BCUT2D eigenvalue weighted by atomic mass is 10.1. The Morgan fingerprint density at radius 1 is 0.667 bits per heavy atom. The maximum Gasteiger partial charge on any atom is 0.303 e. The number of hydrogen-bond donors (Lipinski definition) is 4. The summed E-state index contributed by atoms with van der Waals surface area (Å²) in [7, 11) is 0. The molecule has 126 valence electrons. The van der Waals surface area contributed by atoms with Gasteiger partial charge in [-0.2, -0.15) is 0 Å². The number of carboxylic acid groups (broad SMARTS) is 2. The lowest BCUT2D eigenvalue weighted by molar-refractivity contribution is -0.138. The third-order valence-corrected chi connectivity index (χ3v) is 2.78. The maximum atomic E-state index is 10.2. The number of rotatable bonds is 12. The Morgan fingerprint density at radius 2 is 0.857 bits per heavy atom. The van der Waals surface area contributed by atoms with Gasteiger partial charge in [0.1, 0.15) is 6.29 Å². The Kier molecular flexibility index (Phi) is 17.8. The summed E-state index contributed by atoms with van der Waals surface area (Å²) < 4.78 is 0. The molecule has 0 fully saturated rings. The standard InChI is InChI=1S/C13H24O4.C2H6O2/c14-12(15)10-8-6-4-2-1-3-5-7-9-11-13(16)17;1-2(3)4/h1-11H2,(H,14,15)(H,16,17);2-4H,1H3. The van der Waals surface area contributed by atoms with E-state index in [-0.39, 0.29) is 12.8 Å². The van der Waals surface area contributed by atoms with Gasteiger partial charge in [-0.05, 0) is 19.8 Å². The molecule has 0 aliphatic carbocycles. The first-order chi connectivity index (χ1) is 9.86. The van der Waals surface area contributed by atoms with Gasteiger partial charge in [0.2, 0.25) is 0 Å². The van der Waals surface area contributed by atoms with Crippen LogP contribution in [0, 0.1) is 0 Å². The van der Waals surface area contributed by atoms with Crippen molar-refractivity contribution in [2.45, 2.75) is 83.8 Å². The first kappa shape index (κ1) is 22.1. The molecule has 0 aromatic rings. The summed E-state index contributed by atoms with van der Waals surface area (Å²) in [6, 6.07) is 0. The molecule has 0 aliphatic rings. The molecule has 0 amide bonds. The van der Waals surface area contributed by atoms with Crippen LogP contribution in [0.4, 0.5) is 0 Å². The molecular formula is C15H30O6. The SMILES string of the molecule is CC(O)O.O=C(O)CCCCCCCCCCCC(=O)O. The van der Waals surface area contributed by atoms with Gasteiger partial charge in [-0.1, -0.05) is 44.9 Å². The van der Waals surface area contributed by atoms with E-state index in [0.717, 1.165) is 38.5 Å². The Hall–Kier alpha value is -1.14. The molecular weight excluding hydrogens is 276 g/mol. The zero-order chi connectivity index (χ0) is 16.5. The number of unbranched alkanes of at least 4 members (excludes halogenated alkanes) is 8. The molecule has 0 aromatic heterocycles. The number of hydrogen-bond acceptors (Lipinski definition) is 4. The fourth-order valence-electron chi connectivity index (χ4n) is 1.79. The minimum atomic E-state index is -1.17. The topological polar surface area (TPSA) is 115 Å². The van der Waals surface area contributed by atoms with Crippen molar-refractivity contribution in [1.82, 2.24) is 0 Å². The molecule has 0 atom stereocenters. The van der Waals surface area contributed by atoms with Crippen LogP contribution in [0.25, 0.3) is 0 Å². The molecule has 0 unspecified atom stereocenters. The van der Waals surface area contributed by atoms with Gasteiger partial charge in [-0.3, -0.25) is 9.59 Å². The average molecular weight is 306 g/mol. The van der Waals surface area contributed by atoms with Crippen LogP contribution in [0.5, 0.6) is 0 Å². The van der Waals surface area contributed by atoms with E-state index in [9.17, 15) is 9.59 Å². The van der Waals surface area contributed by atoms with E-state index in [4.69, 9.17) is 20.4 Å². The third-order valence-electron chi connectivity index (χ3n) is 2.78. The lowest BCUT2D eigenvalue weighted by Crippen LogP contribution is -1.94. The first-order valence-electron chi connectivity index (χ1n) is 7.66. The quantitative estimate of drug-likeness (QED) is 0.325. The summed E-state index contributed by atoms with van der Waals surface area (Å²) in [5.74, 6) is -1.41. The van der Waals surface area contributed by atoms with Crippen LogP contribution in [0.3, 0.4) is 0 Å². The highest BCUT2D eigenvalue weighted by Gasteiger charge is 1.98. The minimum absolute atomic E-state index is 0.287. The van der Waals surface area contributed by atoms with E-state index in [2.05, 4.69) is 0 Å². The summed E-state index contributed by atoms with van der Waals surface area (Å²) in [6.45, 7) is 1.28. The van der Waals surface area contributed by atoms with Crippen molar-refractivity contribution >= 4 is 11.9 Å². The zero-order valence-corrected chi connectivity index (χ0v) is 13.0. The summed E-state index contributed by atoms with van der Waals surface area (Å²) in [6.07, 6.45) is 8.73. The van der Waals surface area contributed by atoms with Gasteiger partial charge in [-0.25, -0.2) is 0 Å². The molecule has 4 N–H and O–H groups in total. The molecule has 0 saturated carbocycles. The maximum absolute atomic E-state index is 10.2. The third kappa shape index (κ3) is 32.4. The van der Waals surface area contributed by atoms with E-state index in [1.807, 2.05) is 0 Å². The number of aliphatic hydroxyl groups is 2. The van der Waals surface area contributed by atoms with Crippen molar-refractivity contribution in [2.24, 2.45) is 0 Å². The summed E-state index contributed by atoms with van der Waals surface area (Å²) in [5, 5.41) is 32.1. The Balaban J connectivity index is 0. The molecule has 0 radical (unpaired) electrons. The van der Waals surface area contributed by atoms with Gasteiger partial charge in [-0.15, -0.1) is 0 Å². The summed E-state index contributed by atoms with van der Waals surface area (Å²) >= 11 is 0. The molecule has 0 heterocycles. The van der Waals surface area contributed by atoms with Crippen molar-refractivity contribution in [3.63, 3.8) is 0 Å². The molecule has 0 aliphatic heterocycles. The molecule has 6 heteroatoms. The highest BCUT2D eigenvalue weighted by Crippen LogP contribution is 2.11. The first-order valence-corrected chi connectivity index (χ1v) is 7.66. The predicted octanol–water partition coefficient (Wildman–Crippen LogP) is 2.76. The fraction of sp³-hybridized carbons (Fsp3) is 0.867. The average Bonchev–Trinajstić information content (AvgIpc) is 2.34. The molecule has 0 aromatic carbocycles. The fourth-order valence-corrected chi connectivity index (χ4v) is 1.79. The van der Waals surface area contributed by atoms with Gasteiger partial charge in [0, 0.05) is 12.8 Å². The van der Waals surface area contributed by atoms with Crippen LogP contribution in [0.15, 0.2) is 0 Å². The van der Waals surface area contributed by atoms with Crippen LogP contribution in [0.1, 0.15) is 77.6 Å². The van der Waals surface area contributed by atoms with Crippen LogP contribution in [0.2, 0.25) is 0 Å². The predicted molar refractivity (Wildman–Crippen MR) is 80.0 cm³/mol. The van der Waals surface area contributed by atoms with Crippen molar-refractivity contribution in [3.8, 4) is 0 Å². The van der Waals surface area contributed by atoms with E-state index in [1.165, 1.54) is 26.2 Å². The monoisotopic (exact) mass is 306 g/mol. The Morgan fingerprint density at radius 3 is 1.05 bits per heavy atom. The highest BCUT2D eigenvalue weighted by molar-refractivity contribution is 5.66. The zero-order valence-electron chi connectivity index (χ0n) is 13.0. The van der Waals surface area contributed by atoms with Crippen LogP contribution in [-0.4, -0.2) is 38.7 Å². The van der Waals surface area contributed by atoms with E-state index in [0.29, 0.717) is 0 Å². The smallest absolute Gasteiger partial charge is 0.303 e. The molecule has 6 nitrogen and oxygen atoms in total. The van der Waals surface area contributed by atoms with Crippen molar-refractivity contribution in [1.29, 1.82) is 0 Å². The van der Waals surface area contributed by atoms with Gasteiger partial charge in [0.15, 0.2) is 0 Å². The molecule has 0 spiro atoms. The number of aliphatic carboxylic acids is 2. The van der Waals surface area contributed by atoms with Gasteiger partial charge >= 0.3 is 11.9 Å². The van der Waals surface area contributed by atoms with E-state index < -0.39 is 18.2 Å². The minimum Gasteiger partial charge on any atom is -0.481 e. The number of aliphatic hydroxyl groups excluding tert-OH is 1.